The van der Waals surface area contributed by atoms with Crippen molar-refractivity contribution < 1.29 is 14.0 Å². The lowest BCUT2D eigenvalue weighted by molar-refractivity contribution is -0.115. The van der Waals surface area contributed by atoms with Crippen LogP contribution >= 0.6 is 0 Å². The molecule has 0 aromatic carbocycles. The number of anilines is 1. The van der Waals surface area contributed by atoms with E-state index in [0.29, 0.717) is 24.4 Å². The summed E-state index contributed by atoms with van der Waals surface area (Å²) in [6.45, 7) is 4.53. The van der Waals surface area contributed by atoms with Crippen molar-refractivity contribution in [3.63, 3.8) is 0 Å². The summed E-state index contributed by atoms with van der Waals surface area (Å²) in [5, 5.41) is 9.57. The van der Waals surface area contributed by atoms with Gasteiger partial charge in [-0.05, 0) is 19.1 Å². The molecule has 0 spiro atoms. The number of aromatic nitrogens is 2. The Labute approximate surface area is 122 Å². The monoisotopic (exact) mass is 290 g/mol. The summed E-state index contributed by atoms with van der Waals surface area (Å²) in [5.74, 6) is 0.133. The van der Waals surface area contributed by atoms with E-state index < -0.39 is 0 Å². The molecule has 0 saturated carbocycles. The molecule has 0 fully saturated rings. The van der Waals surface area contributed by atoms with E-state index in [9.17, 15) is 9.59 Å². The molecule has 2 heterocycles. The molecule has 0 radical (unpaired) electrons. The molecule has 0 aliphatic heterocycles. The summed E-state index contributed by atoms with van der Waals surface area (Å²) in [5.41, 5.74) is 0.617. The van der Waals surface area contributed by atoms with Gasteiger partial charge in [-0.25, -0.2) is 0 Å². The molecule has 2 N–H and O–H groups in total. The van der Waals surface area contributed by atoms with Gasteiger partial charge in [0.05, 0.1) is 18.5 Å². The van der Waals surface area contributed by atoms with E-state index in [1.54, 1.807) is 36.2 Å². The Hall–Kier alpha value is -2.57. The molecule has 21 heavy (non-hydrogen) atoms. The molecular weight excluding hydrogens is 272 g/mol. The third kappa shape index (κ3) is 3.71. The number of furan rings is 1. The number of nitrogens with zero attached hydrogens (tertiary/aromatic N) is 2. The summed E-state index contributed by atoms with van der Waals surface area (Å²) in [6.07, 6.45) is 3.53. The van der Waals surface area contributed by atoms with Gasteiger partial charge in [0.2, 0.25) is 5.91 Å². The third-order valence-corrected chi connectivity index (χ3v) is 2.90. The second-order valence-electron chi connectivity index (χ2n) is 4.41. The van der Waals surface area contributed by atoms with Crippen LogP contribution in [0.25, 0.3) is 0 Å². The van der Waals surface area contributed by atoms with Gasteiger partial charge < -0.3 is 15.1 Å². The van der Waals surface area contributed by atoms with E-state index in [4.69, 9.17) is 4.42 Å². The van der Waals surface area contributed by atoms with Crippen molar-refractivity contribution >= 4 is 17.5 Å². The molecule has 0 atom stereocenters. The van der Waals surface area contributed by atoms with Crippen molar-refractivity contribution in [2.24, 2.45) is 0 Å². The van der Waals surface area contributed by atoms with Crippen LogP contribution in [-0.2, 0) is 17.9 Å². The number of amides is 2. The van der Waals surface area contributed by atoms with Crippen molar-refractivity contribution in [2.45, 2.75) is 33.4 Å². The van der Waals surface area contributed by atoms with Gasteiger partial charge in [0.1, 0.15) is 5.76 Å². The maximum atomic E-state index is 12.2. The van der Waals surface area contributed by atoms with E-state index in [1.165, 1.54) is 0 Å². The predicted molar refractivity (Wildman–Crippen MR) is 76.7 cm³/mol. The highest BCUT2D eigenvalue weighted by atomic mass is 16.3. The minimum atomic E-state index is -0.356. The second kappa shape index (κ2) is 6.74. The van der Waals surface area contributed by atoms with Crippen LogP contribution < -0.4 is 10.6 Å². The number of hydrogen-bond donors (Lipinski definition) is 2. The van der Waals surface area contributed by atoms with Gasteiger partial charge in [-0.1, -0.05) is 6.92 Å². The van der Waals surface area contributed by atoms with Crippen LogP contribution in [0.2, 0.25) is 0 Å². The van der Waals surface area contributed by atoms with Crippen molar-refractivity contribution in [3.8, 4) is 0 Å². The fraction of sp³-hybridized carbons (Fsp3) is 0.357. The van der Waals surface area contributed by atoms with Crippen LogP contribution in [0.1, 0.15) is 36.5 Å². The molecule has 0 unspecified atom stereocenters. The lowest BCUT2D eigenvalue weighted by Gasteiger charge is -2.04. The zero-order valence-corrected chi connectivity index (χ0v) is 12.0. The third-order valence-electron chi connectivity index (χ3n) is 2.90. The molecule has 2 aromatic heterocycles. The maximum Gasteiger partial charge on any atom is 0.274 e. The van der Waals surface area contributed by atoms with Crippen molar-refractivity contribution in [1.29, 1.82) is 0 Å². The first-order chi connectivity index (χ1) is 10.1. The van der Waals surface area contributed by atoms with Gasteiger partial charge in [0.25, 0.3) is 5.91 Å². The van der Waals surface area contributed by atoms with Gasteiger partial charge in [-0.2, -0.15) is 5.10 Å². The average Bonchev–Trinajstić information content (AvgIpc) is 3.13. The molecule has 7 heteroatoms. The fourth-order valence-electron chi connectivity index (χ4n) is 1.75. The topological polar surface area (TPSA) is 89.2 Å². The minimum absolute atomic E-state index is 0.161. The van der Waals surface area contributed by atoms with E-state index in [0.717, 1.165) is 0 Å². The zero-order valence-electron chi connectivity index (χ0n) is 12.0. The smallest absolute Gasteiger partial charge is 0.274 e. The maximum absolute atomic E-state index is 12.2. The number of hydrogen-bond acceptors (Lipinski definition) is 4. The summed E-state index contributed by atoms with van der Waals surface area (Å²) in [4.78, 5) is 23.7. The Morgan fingerprint density at radius 2 is 2.19 bits per heavy atom. The summed E-state index contributed by atoms with van der Waals surface area (Å²) >= 11 is 0. The van der Waals surface area contributed by atoms with E-state index in [-0.39, 0.29) is 24.1 Å². The highest BCUT2D eigenvalue weighted by Crippen LogP contribution is 2.14. The van der Waals surface area contributed by atoms with Gasteiger partial charge in [-0.15, -0.1) is 0 Å². The van der Waals surface area contributed by atoms with E-state index >= 15 is 0 Å². The SMILES string of the molecule is CCC(=O)Nc1cn(CC)nc1C(=O)NCc1ccco1. The molecule has 0 bridgehead atoms. The summed E-state index contributed by atoms with van der Waals surface area (Å²) in [6, 6.07) is 3.52. The minimum Gasteiger partial charge on any atom is -0.467 e. The Balaban J connectivity index is 2.10. The first-order valence-corrected chi connectivity index (χ1v) is 6.81. The molecule has 112 valence electrons. The lowest BCUT2D eigenvalue weighted by Crippen LogP contribution is -2.24. The average molecular weight is 290 g/mol. The first-order valence-electron chi connectivity index (χ1n) is 6.81. The van der Waals surface area contributed by atoms with Crippen LogP contribution in [0.4, 0.5) is 5.69 Å². The molecule has 0 aliphatic carbocycles. The normalized spacial score (nSPS) is 10.4. The Morgan fingerprint density at radius 3 is 2.81 bits per heavy atom. The van der Waals surface area contributed by atoms with E-state index in [2.05, 4.69) is 15.7 Å². The second-order valence-corrected chi connectivity index (χ2v) is 4.41. The van der Waals surface area contributed by atoms with Gasteiger partial charge >= 0.3 is 0 Å². The zero-order chi connectivity index (χ0) is 15.2. The van der Waals surface area contributed by atoms with Crippen LogP contribution in [0.15, 0.2) is 29.0 Å². The number of carbonyl (C=O) groups is 2. The standard InChI is InChI=1S/C14H18N4O3/c1-3-12(19)16-11-9-18(4-2)17-13(11)14(20)15-8-10-6-5-7-21-10/h5-7,9H,3-4,8H2,1-2H3,(H,15,20)(H,16,19). The van der Waals surface area contributed by atoms with Crippen LogP contribution in [-0.4, -0.2) is 21.6 Å². The molecule has 0 aliphatic rings. The molecule has 0 saturated heterocycles. The van der Waals surface area contributed by atoms with Gasteiger partial charge in [-0.3, -0.25) is 14.3 Å². The molecule has 7 nitrogen and oxygen atoms in total. The Bertz CT molecular complexity index is 616. The van der Waals surface area contributed by atoms with Crippen LogP contribution in [0, 0.1) is 0 Å². The quantitative estimate of drug-likeness (QED) is 0.848. The van der Waals surface area contributed by atoms with Gasteiger partial charge in [0.15, 0.2) is 5.69 Å². The largest absolute Gasteiger partial charge is 0.467 e. The van der Waals surface area contributed by atoms with Crippen LogP contribution in [0.3, 0.4) is 0 Å². The number of nitrogens with one attached hydrogen (secondary N) is 2. The first kappa shape index (κ1) is 14.8. The van der Waals surface area contributed by atoms with Gasteiger partial charge in [0, 0.05) is 19.2 Å². The fourth-order valence-corrected chi connectivity index (χ4v) is 1.75. The highest BCUT2D eigenvalue weighted by molar-refractivity contribution is 6.02. The number of rotatable bonds is 6. The number of carbonyl (C=O) groups excluding carboxylic acids is 2. The molecule has 2 aromatic rings. The number of aryl methyl sites for hydroxylation is 1. The van der Waals surface area contributed by atoms with E-state index in [1.807, 2.05) is 6.92 Å². The molecular formula is C14H18N4O3. The molecule has 2 rings (SSSR count). The highest BCUT2D eigenvalue weighted by Gasteiger charge is 2.18. The Morgan fingerprint density at radius 1 is 1.38 bits per heavy atom. The summed E-state index contributed by atoms with van der Waals surface area (Å²) in [7, 11) is 0. The summed E-state index contributed by atoms with van der Waals surface area (Å²) < 4.78 is 6.75. The van der Waals surface area contributed by atoms with Crippen molar-refractivity contribution in [3.05, 3.63) is 36.0 Å². The molecule has 2 amide bonds. The lowest BCUT2D eigenvalue weighted by atomic mass is 10.3. The van der Waals surface area contributed by atoms with Crippen molar-refractivity contribution in [2.75, 3.05) is 5.32 Å². The van der Waals surface area contributed by atoms with Crippen LogP contribution in [0.5, 0.6) is 0 Å². The van der Waals surface area contributed by atoms with Crippen molar-refractivity contribution in [1.82, 2.24) is 15.1 Å². The Kier molecular flexibility index (Phi) is 4.76. The predicted octanol–water partition coefficient (Wildman–Crippen LogP) is 1.77.